The van der Waals surface area contributed by atoms with Gasteiger partial charge in [-0.1, -0.05) is 17.7 Å². The molecule has 25 heavy (non-hydrogen) atoms. The van der Waals surface area contributed by atoms with Crippen molar-refractivity contribution in [1.29, 1.82) is 0 Å². The van der Waals surface area contributed by atoms with Crippen LogP contribution in [0.25, 0.3) is 0 Å². The maximum Gasteiger partial charge on any atom is 0.253 e. The summed E-state index contributed by atoms with van der Waals surface area (Å²) in [6, 6.07) is 7.72. The summed E-state index contributed by atoms with van der Waals surface area (Å²) < 4.78 is 0. The summed E-state index contributed by atoms with van der Waals surface area (Å²) in [4.78, 5) is 29.3. The molecule has 2 amide bonds. The molecule has 3 fully saturated rings. The fourth-order valence-corrected chi connectivity index (χ4v) is 4.92. The van der Waals surface area contributed by atoms with E-state index in [1.165, 1.54) is 6.42 Å². The van der Waals surface area contributed by atoms with E-state index in [4.69, 9.17) is 5.73 Å². The van der Waals surface area contributed by atoms with E-state index in [1.807, 2.05) is 41.0 Å². The third kappa shape index (κ3) is 2.95. The van der Waals surface area contributed by atoms with Crippen LogP contribution in [0.1, 0.15) is 35.2 Å². The maximum atomic E-state index is 12.9. The Morgan fingerprint density at radius 2 is 1.56 bits per heavy atom. The first-order valence-corrected chi connectivity index (χ1v) is 9.45. The molecule has 3 aliphatic rings. The zero-order chi connectivity index (χ0) is 17.6. The first-order valence-electron chi connectivity index (χ1n) is 9.45. The molecule has 1 aromatic carbocycles. The van der Waals surface area contributed by atoms with E-state index in [-0.39, 0.29) is 23.8 Å². The zero-order valence-electron chi connectivity index (χ0n) is 14.9. The first kappa shape index (κ1) is 16.6. The van der Waals surface area contributed by atoms with Crippen LogP contribution in [0.5, 0.6) is 0 Å². The van der Waals surface area contributed by atoms with Crippen molar-refractivity contribution in [3.63, 3.8) is 0 Å². The molecule has 0 radical (unpaired) electrons. The van der Waals surface area contributed by atoms with Crippen LogP contribution in [0.15, 0.2) is 24.3 Å². The van der Waals surface area contributed by atoms with E-state index >= 15 is 0 Å². The summed E-state index contributed by atoms with van der Waals surface area (Å²) in [5, 5.41) is 0. The summed E-state index contributed by atoms with van der Waals surface area (Å²) in [5.41, 5.74) is 8.19. The zero-order valence-corrected chi connectivity index (χ0v) is 14.9. The predicted octanol–water partition coefficient (Wildman–Crippen LogP) is 1.65. The van der Waals surface area contributed by atoms with Crippen molar-refractivity contribution in [2.24, 2.45) is 23.5 Å². The molecule has 5 heteroatoms. The monoisotopic (exact) mass is 341 g/mol. The van der Waals surface area contributed by atoms with Gasteiger partial charge in [-0.3, -0.25) is 9.59 Å². The molecule has 1 aliphatic heterocycles. The second-order valence-electron chi connectivity index (χ2n) is 7.92. The molecule has 134 valence electrons. The van der Waals surface area contributed by atoms with Crippen LogP contribution >= 0.6 is 0 Å². The Labute approximate surface area is 149 Å². The van der Waals surface area contributed by atoms with Crippen molar-refractivity contribution >= 4 is 11.8 Å². The summed E-state index contributed by atoms with van der Waals surface area (Å²) >= 11 is 0. The topological polar surface area (TPSA) is 66.6 Å². The highest BCUT2D eigenvalue weighted by atomic mass is 16.2. The van der Waals surface area contributed by atoms with E-state index in [0.717, 1.165) is 24.0 Å². The molecule has 5 nitrogen and oxygen atoms in total. The van der Waals surface area contributed by atoms with Gasteiger partial charge in [0.1, 0.15) is 0 Å². The van der Waals surface area contributed by atoms with Crippen LogP contribution in [0, 0.1) is 24.7 Å². The van der Waals surface area contributed by atoms with Crippen molar-refractivity contribution in [1.82, 2.24) is 9.80 Å². The Morgan fingerprint density at radius 3 is 2.16 bits per heavy atom. The molecule has 2 aliphatic carbocycles. The molecule has 2 bridgehead atoms. The fourth-order valence-electron chi connectivity index (χ4n) is 4.92. The number of benzene rings is 1. The smallest absolute Gasteiger partial charge is 0.253 e. The number of nitrogens with two attached hydrogens (primary N) is 1. The highest BCUT2D eigenvalue weighted by Gasteiger charge is 2.50. The molecule has 1 aromatic rings. The van der Waals surface area contributed by atoms with E-state index in [0.29, 0.717) is 38.0 Å². The van der Waals surface area contributed by atoms with Crippen molar-refractivity contribution in [3.8, 4) is 0 Å². The van der Waals surface area contributed by atoms with Gasteiger partial charge in [-0.05, 0) is 50.2 Å². The lowest BCUT2D eigenvalue weighted by molar-refractivity contribution is -0.139. The van der Waals surface area contributed by atoms with Gasteiger partial charge in [0.25, 0.3) is 5.91 Å². The SMILES string of the molecule is Cc1ccc(C(=O)N2CCN(C(=O)C3C4CCC(C4)C3N)CC2)cc1. The molecule has 2 N–H and O–H groups in total. The second kappa shape index (κ2) is 6.45. The van der Waals surface area contributed by atoms with Crippen molar-refractivity contribution in [2.45, 2.75) is 32.2 Å². The maximum absolute atomic E-state index is 12.9. The molecule has 4 atom stereocenters. The van der Waals surface area contributed by atoms with E-state index in [1.54, 1.807) is 0 Å². The number of hydrogen-bond donors (Lipinski definition) is 1. The Morgan fingerprint density at radius 1 is 0.960 bits per heavy atom. The minimum Gasteiger partial charge on any atom is -0.339 e. The van der Waals surface area contributed by atoms with Crippen LogP contribution in [-0.4, -0.2) is 53.8 Å². The van der Waals surface area contributed by atoms with E-state index < -0.39 is 0 Å². The van der Waals surface area contributed by atoms with Gasteiger partial charge < -0.3 is 15.5 Å². The number of amides is 2. The molecule has 1 heterocycles. The van der Waals surface area contributed by atoms with Crippen molar-refractivity contribution < 1.29 is 9.59 Å². The quantitative estimate of drug-likeness (QED) is 0.889. The number of rotatable bonds is 2. The lowest BCUT2D eigenvalue weighted by Gasteiger charge is -2.38. The van der Waals surface area contributed by atoms with Gasteiger partial charge in [-0.2, -0.15) is 0 Å². The van der Waals surface area contributed by atoms with Gasteiger partial charge in [0.05, 0.1) is 5.92 Å². The summed E-state index contributed by atoms with van der Waals surface area (Å²) in [5.74, 6) is 1.33. The number of nitrogens with zero attached hydrogens (tertiary/aromatic N) is 2. The van der Waals surface area contributed by atoms with Gasteiger partial charge in [0.2, 0.25) is 5.91 Å². The van der Waals surface area contributed by atoms with Gasteiger partial charge in [0, 0.05) is 37.8 Å². The highest BCUT2D eigenvalue weighted by Crippen LogP contribution is 2.48. The molecule has 4 unspecified atom stereocenters. The minimum atomic E-state index is 0.0121. The number of fused-ring (bicyclic) bond motifs is 2. The van der Waals surface area contributed by atoms with Crippen LogP contribution in [0.2, 0.25) is 0 Å². The number of piperazine rings is 1. The second-order valence-corrected chi connectivity index (χ2v) is 7.92. The summed E-state index contributed by atoms with van der Waals surface area (Å²) in [6.45, 7) is 4.47. The lowest BCUT2D eigenvalue weighted by atomic mass is 9.84. The van der Waals surface area contributed by atoms with Gasteiger partial charge >= 0.3 is 0 Å². The first-order chi connectivity index (χ1) is 12.0. The van der Waals surface area contributed by atoms with Crippen molar-refractivity contribution in [3.05, 3.63) is 35.4 Å². The fraction of sp³-hybridized carbons (Fsp3) is 0.600. The van der Waals surface area contributed by atoms with Crippen LogP contribution in [0.4, 0.5) is 0 Å². The average molecular weight is 341 g/mol. The number of hydrogen-bond acceptors (Lipinski definition) is 3. The summed E-state index contributed by atoms with van der Waals surface area (Å²) in [7, 11) is 0. The summed E-state index contributed by atoms with van der Waals surface area (Å²) in [6.07, 6.45) is 3.47. The molecular formula is C20H27N3O2. The van der Waals surface area contributed by atoms with E-state index in [2.05, 4.69) is 0 Å². The average Bonchev–Trinajstić information content (AvgIpc) is 3.22. The van der Waals surface area contributed by atoms with Crippen LogP contribution in [0.3, 0.4) is 0 Å². The minimum absolute atomic E-state index is 0.0121. The van der Waals surface area contributed by atoms with Gasteiger partial charge in [-0.25, -0.2) is 0 Å². The molecular weight excluding hydrogens is 314 g/mol. The number of aryl methyl sites for hydroxylation is 1. The van der Waals surface area contributed by atoms with Gasteiger partial charge in [-0.15, -0.1) is 0 Å². The lowest BCUT2D eigenvalue weighted by Crippen LogP contribution is -2.54. The molecule has 2 saturated carbocycles. The van der Waals surface area contributed by atoms with Crippen LogP contribution < -0.4 is 5.73 Å². The Hall–Kier alpha value is -1.88. The number of carbonyl (C=O) groups is 2. The highest BCUT2D eigenvalue weighted by molar-refractivity contribution is 5.94. The Kier molecular flexibility index (Phi) is 4.28. The molecule has 4 rings (SSSR count). The third-order valence-corrected chi connectivity index (χ3v) is 6.44. The predicted molar refractivity (Wildman–Crippen MR) is 96.0 cm³/mol. The Bertz CT molecular complexity index is 662. The standard InChI is InChI=1S/C20H27N3O2/c1-13-2-4-14(5-3-13)19(24)22-8-10-23(11-9-22)20(25)17-15-6-7-16(12-15)18(17)21/h2-5,15-18H,6-12,21H2,1H3. The van der Waals surface area contributed by atoms with E-state index in [9.17, 15) is 9.59 Å². The van der Waals surface area contributed by atoms with Crippen LogP contribution in [-0.2, 0) is 4.79 Å². The largest absolute Gasteiger partial charge is 0.339 e. The molecule has 0 spiro atoms. The number of carbonyl (C=O) groups excluding carboxylic acids is 2. The molecule has 0 aromatic heterocycles. The van der Waals surface area contributed by atoms with Crippen molar-refractivity contribution in [2.75, 3.05) is 26.2 Å². The third-order valence-electron chi connectivity index (χ3n) is 6.44. The van der Waals surface area contributed by atoms with Gasteiger partial charge in [0.15, 0.2) is 0 Å². The molecule has 1 saturated heterocycles. The normalized spacial score (nSPS) is 31.4. The Balaban J connectivity index is 1.36.